The molecule has 0 radical (unpaired) electrons. The third-order valence-electron chi connectivity index (χ3n) is 5.28. The number of para-hydroxylation sites is 1. The highest BCUT2D eigenvalue weighted by atomic mass is 16.5. The van der Waals surface area contributed by atoms with Crippen molar-refractivity contribution in [3.8, 4) is 5.75 Å². The molecule has 2 aromatic rings. The Morgan fingerprint density at radius 2 is 2.07 bits per heavy atom. The van der Waals surface area contributed by atoms with E-state index in [1.165, 1.54) is 0 Å². The molecular weight excluding hydrogens is 366 g/mol. The van der Waals surface area contributed by atoms with Crippen LogP contribution in [0.4, 0.5) is 0 Å². The average molecular weight is 396 g/mol. The monoisotopic (exact) mass is 395 g/mol. The number of carbonyl (C=O) groups excluding carboxylic acids is 2. The molecule has 2 atom stereocenters. The maximum absolute atomic E-state index is 13.2. The molecule has 1 saturated heterocycles. The molecule has 1 aromatic heterocycles. The molecule has 1 fully saturated rings. The van der Waals surface area contributed by atoms with E-state index in [1.807, 2.05) is 41.3 Å². The Labute approximate surface area is 172 Å². The van der Waals surface area contributed by atoms with E-state index in [2.05, 4.69) is 24.1 Å². The van der Waals surface area contributed by atoms with Gasteiger partial charge in [-0.2, -0.15) is 0 Å². The smallest absolute Gasteiger partial charge is 0.225 e. The molecule has 6 nitrogen and oxygen atoms in total. The van der Waals surface area contributed by atoms with Gasteiger partial charge >= 0.3 is 0 Å². The number of ether oxygens (including phenoxy) is 1. The zero-order valence-electron chi connectivity index (χ0n) is 17.3. The molecule has 1 N–H and O–H groups in total. The van der Waals surface area contributed by atoms with Crippen LogP contribution in [0.1, 0.15) is 43.9 Å². The van der Waals surface area contributed by atoms with E-state index in [4.69, 9.17) is 4.74 Å². The van der Waals surface area contributed by atoms with Crippen molar-refractivity contribution in [1.82, 2.24) is 15.2 Å². The van der Waals surface area contributed by atoms with Gasteiger partial charge < -0.3 is 15.0 Å². The van der Waals surface area contributed by atoms with Gasteiger partial charge in [0.1, 0.15) is 5.75 Å². The summed E-state index contributed by atoms with van der Waals surface area (Å²) in [6, 6.07) is 11.1. The minimum atomic E-state index is -0.314. The second-order valence-corrected chi connectivity index (χ2v) is 7.85. The van der Waals surface area contributed by atoms with Crippen LogP contribution in [0.5, 0.6) is 5.75 Å². The van der Waals surface area contributed by atoms with Gasteiger partial charge in [0, 0.05) is 37.5 Å². The van der Waals surface area contributed by atoms with E-state index in [0.717, 1.165) is 16.9 Å². The Morgan fingerprint density at radius 1 is 1.28 bits per heavy atom. The lowest BCUT2D eigenvalue weighted by Gasteiger charge is -2.41. The molecule has 154 valence electrons. The highest BCUT2D eigenvalue weighted by molar-refractivity contribution is 5.85. The van der Waals surface area contributed by atoms with Gasteiger partial charge in [-0.05, 0) is 30.0 Å². The lowest BCUT2D eigenvalue weighted by Crippen LogP contribution is -2.49. The number of rotatable bonds is 7. The van der Waals surface area contributed by atoms with Crippen LogP contribution >= 0.6 is 0 Å². The second kappa shape index (κ2) is 9.54. The van der Waals surface area contributed by atoms with Crippen molar-refractivity contribution in [1.29, 1.82) is 0 Å². The van der Waals surface area contributed by atoms with E-state index >= 15 is 0 Å². The molecule has 1 aliphatic rings. The molecule has 0 spiro atoms. The molecule has 2 amide bonds. The fraction of sp³-hybridized carbons (Fsp3) is 0.435. The molecule has 29 heavy (non-hydrogen) atoms. The summed E-state index contributed by atoms with van der Waals surface area (Å²) < 4.78 is 5.38. The van der Waals surface area contributed by atoms with Crippen LogP contribution in [0.15, 0.2) is 48.8 Å². The number of nitrogens with one attached hydrogen (secondary N) is 1. The largest absolute Gasteiger partial charge is 0.496 e. The van der Waals surface area contributed by atoms with Gasteiger partial charge in [-0.1, -0.05) is 38.1 Å². The maximum atomic E-state index is 13.2. The van der Waals surface area contributed by atoms with Crippen LogP contribution in [-0.2, 0) is 16.1 Å². The zero-order chi connectivity index (χ0) is 20.8. The van der Waals surface area contributed by atoms with E-state index in [9.17, 15) is 9.59 Å². The number of carbonyl (C=O) groups is 2. The first kappa shape index (κ1) is 20.8. The number of benzene rings is 1. The lowest BCUT2D eigenvalue weighted by molar-refractivity contribution is -0.144. The van der Waals surface area contributed by atoms with Gasteiger partial charge in [0.2, 0.25) is 11.8 Å². The van der Waals surface area contributed by atoms with Crippen molar-refractivity contribution in [2.75, 3.05) is 13.7 Å². The van der Waals surface area contributed by atoms with Crippen LogP contribution in [0, 0.1) is 11.8 Å². The molecule has 2 heterocycles. The summed E-state index contributed by atoms with van der Waals surface area (Å²) in [5.41, 5.74) is 1.82. The molecule has 3 rings (SSSR count). The van der Waals surface area contributed by atoms with Crippen molar-refractivity contribution in [2.45, 2.75) is 39.3 Å². The molecule has 0 aliphatic carbocycles. The van der Waals surface area contributed by atoms with Gasteiger partial charge in [0.25, 0.3) is 0 Å². The minimum absolute atomic E-state index is 0.0500. The van der Waals surface area contributed by atoms with Gasteiger partial charge in [-0.15, -0.1) is 0 Å². The molecule has 1 aromatic carbocycles. The van der Waals surface area contributed by atoms with Gasteiger partial charge in [0.05, 0.1) is 19.1 Å². The van der Waals surface area contributed by atoms with Crippen molar-refractivity contribution in [3.63, 3.8) is 0 Å². The summed E-state index contributed by atoms with van der Waals surface area (Å²) in [7, 11) is 1.62. The molecule has 0 saturated carbocycles. The minimum Gasteiger partial charge on any atom is -0.496 e. The van der Waals surface area contributed by atoms with Crippen molar-refractivity contribution in [3.05, 3.63) is 59.9 Å². The van der Waals surface area contributed by atoms with Crippen molar-refractivity contribution >= 4 is 11.8 Å². The average Bonchev–Trinajstić information content (AvgIpc) is 2.73. The third-order valence-corrected chi connectivity index (χ3v) is 5.28. The van der Waals surface area contributed by atoms with Crippen LogP contribution < -0.4 is 10.1 Å². The fourth-order valence-electron chi connectivity index (χ4n) is 3.96. The van der Waals surface area contributed by atoms with Crippen LogP contribution in [0.2, 0.25) is 0 Å². The first-order valence-corrected chi connectivity index (χ1v) is 10.1. The number of likely N-dealkylation sites (tertiary alicyclic amines) is 1. The number of amides is 2. The molecule has 0 bridgehead atoms. The number of hydrogen-bond acceptors (Lipinski definition) is 4. The Kier molecular flexibility index (Phi) is 6.86. The van der Waals surface area contributed by atoms with E-state index in [-0.39, 0.29) is 23.8 Å². The second-order valence-electron chi connectivity index (χ2n) is 7.85. The van der Waals surface area contributed by atoms with Crippen molar-refractivity contribution in [2.24, 2.45) is 11.8 Å². The first-order valence-electron chi connectivity index (χ1n) is 10.1. The fourth-order valence-corrected chi connectivity index (χ4v) is 3.96. The zero-order valence-corrected chi connectivity index (χ0v) is 17.3. The summed E-state index contributed by atoms with van der Waals surface area (Å²) in [5.74, 6) is 0.795. The Hall–Kier alpha value is -2.89. The number of aromatic nitrogens is 1. The summed E-state index contributed by atoms with van der Waals surface area (Å²) in [4.78, 5) is 32.0. The van der Waals surface area contributed by atoms with E-state index in [1.54, 1.807) is 19.5 Å². The van der Waals surface area contributed by atoms with Crippen LogP contribution in [-0.4, -0.2) is 35.4 Å². The topological polar surface area (TPSA) is 71.5 Å². The molecule has 1 aliphatic heterocycles. The van der Waals surface area contributed by atoms with Gasteiger partial charge in [-0.3, -0.25) is 14.6 Å². The standard InChI is InChI=1S/C23H29N3O3/c1-16(2)15-26-21(27)11-10-19(22(26)18-8-6-12-24-13-18)23(28)25-14-17-7-4-5-9-20(17)29-3/h4-9,12-13,16,19,22H,10-11,14-15H2,1-3H3,(H,25,28)/t19-,22+/m1/s1. The number of pyridine rings is 1. The number of nitrogens with zero attached hydrogens (tertiary/aromatic N) is 2. The predicted octanol–water partition coefficient (Wildman–Crippen LogP) is 3.34. The quantitative estimate of drug-likeness (QED) is 0.780. The predicted molar refractivity (Wildman–Crippen MR) is 111 cm³/mol. The highest BCUT2D eigenvalue weighted by Crippen LogP contribution is 2.37. The van der Waals surface area contributed by atoms with E-state index < -0.39 is 0 Å². The molecular formula is C23H29N3O3. The van der Waals surface area contributed by atoms with Gasteiger partial charge in [-0.25, -0.2) is 0 Å². The number of hydrogen-bond donors (Lipinski definition) is 1. The highest BCUT2D eigenvalue weighted by Gasteiger charge is 2.40. The first-order chi connectivity index (χ1) is 14.0. The van der Waals surface area contributed by atoms with Gasteiger partial charge in [0.15, 0.2) is 0 Å². The number of piperidine rings is 1. The molecule has 0 unspecified atom stereocenters. The summed E-state index contributed by atoms with van der Waals surface area (Å²) >= 11 is 0. The number of methoxy groups -OCH3 is 1. The summed E-state index contributed by atoms with van der Waals surface area (Å²) in [6.45, 7) is 5.17. The molecule has 6 heteroatoms. The van der Waals surface area contributed by atoms with Crippen LogP contribution in [0.3, 0.4) is 0 Å². The third kappa shape index (κ3) is 4.94. The maximum Gasteiger partial charge on any atom is 0.225 e. The lowest BCUT2D eigenvalue weighted by atomic mass is 9.83. The normalized spacial score (nSPS) is 19.3. The summed E-state index contributed by atoms with van der Waals surface area (Å²) in [5, 5.41) is 3.05. The Morgan fingerprint density at radius 3 is 2.76 bits per heavy atom. The van der Waals surface area contributed by atoms with Crippen LogP contribution in [0.25, 0.3) is 0 Å². The van der Waals surface area contributed by atoms with Crippen molar-refractivity contribution < 1.29 is 14.3 Å². The summed E-state index contributed by atoms with van der Waals surface area (Å²) in [6.07, 6.45) is 4.38. The SMILES string of the molecule is COc1ccccc1CNC(=O)[C@@H]1CCC(=O)N(CC(C)C)[C@H]1c1cccnc1. The Bertz CT molecular complexity index is 838. The Balaban J connectivity index is 1.82. The van der Waals surface area contributed by atoms with E-state index in [0.29, 0.717) is 31.8 Å².